The number of fused-ring (bicyclic) bond motifs is 5. The van der Waals surface area contributed by atoms with Crippen LogP contribution in [-0.4, -0.2) is 66.8 Å². The van der Waals surface area contributed by atoms with Crippen molar-refractivity contribution in [3.63, 3.8) is 0 Å². The summed E-state index contributed by atoms with van der Waals surface area (Å²) in [6.45, 7) is 13.1. The molecule has 6 nitrogen and oxygen atoms in total. The zero-order valence-corrected chi connectivity index (χ0v) is 22.1. The molecule has 0 bridgehead atoms. The average Bonchev–Trinajstić information content (AvgIpc) is 2.99. The van der Waals surface area contributed by atoms with Crippen molar-refractivity contribution in [2.45, 2.75) is 123 Å². The molecule has 0 spiro atoms. The molecule has 0 radical (unpaired) electrons. The Kier molecular flexibility index (Phi) is 7.06. The Balaban J connectivity index is 1.65. The van der Waals surface area contributed by atoms with Crippen LogP contribution in [0.4, 0.5) is 0 Å². The summed E-state index contributed by atoms with van der Waals surface area (Å²) in [5.74, 6) is 1.27. The van der Waals surface area contributed by atoms with E-state index in [1.54, 1.807) is 6.92 Å². The van der Waals surface area contributed by atoms with Crippen LogP contribution in [0.25, 0.3) is 0 Å². The Hall–Kier alpha value is -0.240. The van der Waals surface area contributed by atoms with Crippen LogP contribution in [-0.2, 0) is 0 Å². The summed E-state index contributed by atoms with van der Waals surface area (Å²) >= 11 is 0. The second kappa shape index (κ2) is 8.95. The van der Waals surface area contributed by atoms with E-state index in [1.165, 1.54) is 0 Å². The first-order valence-electron chi connectivity index (χ1n) is 13.8. The number of aliphatic hydroxyl groups is 6. The van der Waals surface area contributed by atoms with Crippen LogP contribution in [0, 0.1) is 52.3 Å². The fourth-order valence-corrected chi connectivity index (χ4v) is 9.50. The molecule has 0 aromatic carbocycles. The van der Waals surface area contributed by atoms with Crippen molar-refractivity contribution in [1.29, 1.82) is 0 Å². The van der Waals surface area contributed by atoms with Crippen LogP contribution < -0.4 is 0 Å². The van der Waals surface area contributed by atoms with Crippen LogP contribution >= 0.6 is 0 Å². The molecule has 4 fully saturated rings. The van der Waals surface area contributed by atoms with Gasteiger partial charge in [0, 0.05) is 11.8 Å². The molecule has 0 aromatic heterocycles. The molecular formula is C28H50O6. The molecule has 14 atom stereocenters. The van der Waals surface area contributed by atoms with Crippen molar-refractivity contribution >= 4 is 0 Å². The highest BCUT2D eigenvalue weighted by Crippen LogP contribution is 2.69. The first-order chi connectivity index (χ1) is 15.7. The van der Waals surface area contributed by atoms with Crippen molar-refractivity contribution in [2.75, 3.05) is 0 Å². The minimum Gasteiger partial charge on any atom is -0.393 e. The predicted octanol–water partition coefficient (Wildman–Crippen LogP) is 2.71. The molecule has 0 saturated heterocycles. The highest BCUT2D eigenvalue weighted by Gasteiger charge is 2.73. The SMILES string of the molecule is CC(C)[C@@H](C)CC[C@@H](C)[C@H]1C[C@H](O)[C@H]2[C@@H]3C[C@@H](O)[C@@]4(O)C[C@@H](O)C[C@H](O)[C@]4(C)[C@H]3[C@H](O)C[C@@]21C. The average molecular weight is 483 g/mol. The minimum absolute atomic E-state index is 0.00412. The van der Waals surface area contributed by atoms with E-state index in [-0.39, 0.29) is 42.4 Å². The van der Waals surface area contributed by atoms with E-state index in [4.69, 9.17) is 0 Å². The molecule has 0 aromatic rings. The third kappa shape index (κ3) is 3.73. The van der Waals surface area contributed by atoms with Crippen LogP contribution in [0.5, 0.6) is 0 Å². The lowest BCUT2D eigenvalue weighted by Crippen LogP contribution is -2.75. The van der Waals surface area contributed by atoms with E-state index >= 15 is 0 Å². The number of hydrogen-bond donors (Lipinski definition) is 6. The third-order valence-electron chi connectivity index (χ3n) is 11.8. The van der Waals surface area contributed by atoms with Crippen LogP contribution in [0.3, 0.4) is 0 Å². The normalized spacial score (nSPS) is 54.8. The zero-order chi connectivity index (χ0) is 25.4. The fourth-order valence-electron chi connectivity index (χ4n) is 9.50. The number of aliphatic hydroxyl groups excluding tert-OH is 5. The van der Waals surface area contributed by atoms with Gasteiger partial charge in [-0.15, -0.1) is 0 Å². The van der Waals surface area contributed by atoms with Gasteiger partial charge < -0.3 is 30.6 Å². The topological polar surface area (TPSA) is 121 Å². The lowest BCUT2D eigenvalue weighted by Gasteiger charge is -2.67. The molecule has 0 amide bonds. The van der Waals surface area contributed by atoms with Gasteiger partial charge in [-0.05, 0) is 72.5 Å². The monoisotopic (exact) mass is 482 g/mol. The van der Waals surface area contributed by atoms with E-state index in [2.05, 4.69) is 34.6 Å². The Bertz CT molecular complexity index is 744. The molecule has 4 rings (SSSR count). The molecule has 6 N–H and O–H groups in total. The largest absolute Gasteiger partial charge is 0.393 e. The van der Waals surface area contributed by atoms with Gasteiger partial charge in [-0.25, -0.2) is 0 Å². The van der Waals surface area contributed by atoms with Gasteiger partial charge in [-0.1, -0.05) is 54.4 Å². The smallest absolute Gasteiger partial charge is 0.101 e. The third-order valence-corrected chi connectivity index (χ3v) is 11.8. The Morgan fingerprint density at radius 1 is 0.765 bits per heavy atom. The molecule has 4 aliphatic carbocycles. The van der Waals surface area contributed by atoms with Gasteiger partial charge in [0.25, 0.3) is 0 Å². The molecule has 4 aliphatic rings. The predicted molar refractivity (Wildman–Crippen MR) is 131 cm³/mol. The van der Waals surface area contributed by atoms with Crippen molar-refractivity contribution in [3.8, 4) is 0 Å². The van der Waals surface area contributed by atoms with E-state index in [0.717, 1.165) is 12.8 Å². The van der Waals surface area contributed by atoms with Crippen molar-refractivity contribution < 1.29 is 30.6 Å². The summed E-state index contributed by atoms with van der Waals surface area (Å²) in [5, 5.41) is 67.4. The highest BCUT2D eigenvalue weighted by molar-refractivity contribution is 5.22. The number of hydrogen-bond acceptors (Lipinski definition) is 6. The summed E-state index contributed by atoms with van der Waals surface area (Å²) in [7, 11) is 0. The first-order valence-corrected chi connectivity index (χ1v) is 13.8. The summed E-state index contributed by atoms with van der Waals surface area (Å²) in [4.78, 5) is 0. The maximum absolute atomic E-state index is 11.7. The summed E-state index contributed by atoms with van der Waals surface area (Å²) in [5.41, 5.74) is -3.07. The highest BCUT2D eigenvalue weighted by atomic mass is 16.4. The Morgan fingerprint density at radius 2 is 1.41 bits per heavy atom. The second-order valence-electron chi connectivity index (χ2n) is 13.7. The van der Waals surface area contributed by atoms with Gasteiger partial charge in [0.1, 0.15) is 5.60 Å². The van der Waals surface area contributed by atoms with Crippen molar-refractivity contribution in [3.05, 3.63) is 0 Å². The molecule has 0 aliphatic heterocycles. The van der Waals surface area contributed by atoms with Gasteiger partial charge >= 0.3 is 0 Å². The molecular weight excluding hydrogens is 432 g/mol. The van der Waals surface area contributed by atoms with Gasteiger partial charge in [0.05, 0.1) is 30.5 Å². The maximum atomic E-state index is 11.7. The molecule has 34 heavy (non-hydrogen) atoms. The maximum Gasteiger partial charge on any atom is 0.101 e. The quantitative estimate of drug-likeness (QED) is 0.358. The first kappa shape index (κ1) is 26.8. The van der Waals surface area contributed by atoms with Gasteiger partial charge in [-0.2, -0.15) is 0 Å². The Morgan fingerprint density at radius 3 is 2.03 bits per heavy atom. The molecule has 4 saturated carbocycles. The molecule has 0 unspecified atom stereocenters. The van der Waals surface area contributed by atoms with Crippen LogP contribution in [0.2, 0.25) is 0 Å². The van der Waals surface area contributed by atoms with Gasteiger partial charge in [0.15, 0.2) is 0 Å². The second-order valence-corrected chi connectivity index (χ2v) is 13.7. The molecule has 198 valence electrons. The minimum atomic E-state index is -1.66. The molecule has 0 heterocycles. The van der Waals surface area contributed by atoms with Crippen LogP contribution in [0.1, 0.15) is 86.5 Å². The van der Waals surface area contributed by atoms with E-state index < -0.39 is 47.5 Å². The van der Waals surface area contributed by atoms with Crippen molar-refractivity contribution in [1.82, 2.24) is 0 Å². The summed E-state index contributed by atoms with van der Waals surface area (Å²) in [6.07, 6.45) is -0.426. The summed E-state index contributed by atoms with van der Waals surface area (Å²) in [6, 6.07) is 0. The van der Waals surface area contributed by atoms with Gasteiger partial charge in [-0.3, -0.25) is 0 Å². The lowest BCUT2D eigenvalue weighted by atomic mass is 9.40. The van der Waals surface area contributed by atoms with Gasteiger partial charge in [0.2, 0.25) is 0 Å². The van der Waals surface area contributed by atoms with E-state index in [0.29, 0.717) is 30.6 Å². The number of rotatable bonds is 5. The van der Waals surface area contributed by atoms with E-state index in [1.807, 2.05) is 0 Å². The van der Waals surface area contributed by atoms with Crippen molar-refractivity contribution in [2.24, 2.45) is 52.3 Å². The molecule has 6 heteroatoms. The fraction of sp³-hybridized carbons (Fsp3) is 1.00. The standard InChI is InChI=1S/C28H50O6/c1-14(2)15(3)7-8-16(4)19-11-20(30)24-18-10-23(33)28(34)12-17(29)9-22(32)27(28,6)25(18)21(31)13-26(19,24)5/h14-25,29-34H,7-13H2,1-6H3/t15-,16+,17-,18-,19+,20-,21+,22-,23+,24+,25+,26+,27+,28-/m0/s1. The van der Waals surface area contributed by atoms with Crippen LogP contribution in [0.15, 0.2) is 0 Å². The Labute approximate surface area is 205 Å². The van der Waals surface area contributed by atoms with E-state index in [9.17, 15) is 30.6 Å². The lowest BCUT2D eigenvalue weighted by molar-refractivity contribution is -0.312. The zero-order valence-electron chi connectivity index (χ0n) is 22.1. The summed E-state index contributed by atoms with van der Waals surface area (Å²) < 4.78 is 0.